The smallest absolute Gasteiger partial charge is 0.322 e. The summed E-state index contributed by atoms with van der Waals surface area (Å²) >= 11 is 0. The molecule has 132 valence electrons. The van der Waals surface area contributed by atoms with Gasteiger partial charge < -0.3 is 5.32 Å². The lowest BCUT2D eigenvalue weighted by Gasteiger charge is -2.14. The lowest BCUT2D eigenvalue weighted by Crippen LogP contribution is -2.35. The van der Waals surface area contributed by atoms with E-state index in [1.165, 1.54) is 13.1 Å². The fourth-order valence-corrected chi connectivity index (χ4v) is 2.30. The summed E-state index contributed by atoms with van der Waals surface area (Å²) in [5.74, 6) is -2.21. The maximum Gasteiger partial charge on any atom is 0.365 e. The van der Waals surface area contributed by atoms with Crippen LogP contribution in [0.3, 0.4) is 0 Å². The van der Waals surface area contributed by atoms with E-state index >= 15 is 0 Å². The summed E-state index contributed by atoms with van der Waals surface area (Å²) in [7, 11) is 0. The van der Waals surface area contributed by atoms with Gasteiger partial charge in [0, 0.05) is 11.6 Å². The Kier molecular flexibility index (Phi) is 4.83. The molecule has 1 aromatic heterocycles. The van der Waals surface area contributed by atoms with Crippen molar-refractivity contribution in [3.05, 3.63) is 76.8 Å². The van der Waals surface area contributed by atoms with E-state index in [9.17, 15) is 18.4 Å². The van der Waals surface area contributed by atoms with Gasteiger partial charge >= 0.3 is 5.69 Å². The van der Waals surface area contributed by atoms with E-state index in [-0.39, 0.29) is 5.69 Å². The first-order chi connectivity index (χ1) is 12.5. The van der Waals surface area contributed by atoms with E-state index in [4.69, 9.17) is 0 Å². The topological polar surface area (TPSA) is 76.9 Å². The Balaban J connectivity index is 1.83. The van der Waals surface area contributed by atoms with E-state index < -0.39 is 29.3 Å². The zero-order valence-electron chi connectivity index (χ0n) is 13.7. The largest absolute Gasteiger partial charge is 0.365 e. The second-order valence-corrected chi connectivity index (χ2v) is 5.52. The lowest BCUT2D eigenvalue weighted by molar-refractivity contribution is -0.119. The van der Waals surface area contributed by atoms with Crippen LogP contribution in [0.4, 0.5) is 14.5 Å². The molecule has 1 unspecified atom stereocenters. The van der Waals surface area contributed by atoms with E-state index in [0.29, 0.717) is 11.3 Å². The van der Waals surface area contributed by atoms with Crippen LogP contribution in [0.15, 0.2) is 59.5 Å². The van der Waals surface area contributed by atoms with Crippen molar-refractivity contribution in [2.24, 2.45) is 0 Å². The Hall–Kier alpha value is -3.42. The highest BCUT2D eigenvalue weighted by atomic mass is 19.1. The minimum atomic E-state index is -1.07. The number of benzene rings is 2. The van der Waals surface area contributed by atoms with Crippen LogP contribution in [-0.2, 0) is 4.79 Å². The number of hydrogen-bond acceptors (Lipinski definition) is 4. The summed E-state index contributed by atoms with van der Waals surface area (Å²) in [4.78, 5) is 28.4. The number of anilines is 1. The van der Waals surface area contributed by atoms with Gasteiger partial charge in [0.15, 0.2) is 0 Å². The van der Waals surface area contributed by atoms with Crippen molar-refractivity contribution in [3.63, 3.8) is 0 Å². The molecule has 0 fully saturated rings. The van der Waals surface area contributed by atoms with Crippen LogP contribution in [0.2, 0.25) is 0 Å². The molecule has 0 aliphatic heterocycles. The summed E-state index contributed by atoms with van der Waals surface area (Å²) in [6.45, 7) is 1.41. The summed E-state index contributed by atoms with van der Waals surface area (Å²) in [5.41, 5.74) is 0.0382. The zero-order valence-corrected chi connectivity index (χ0v) is 13.7. The van der Waals surface area contributed by atoms with Crippen LogP contribution in [0, 0.1) is 11.6 Å². The van der Waals surface area contributed by atoms with Gasteiger partial charge in [-0.2, -0.15) is 10.1 Å². The van der Waals surface area contributed by atoms with Gasteiger partial charge in [-0.3, -0.25) is 4.79 Å². The van der Waals surface area contributed by atoms with Crippen LogP contribution in [0.1, 0.15) is 13.0 Å². The van der Waals surface area contributed by atoms with Crippen LogP contribution >= 0.6 is 0 Å². The molecule has 8 heteroatoms. The molecule has 0 saturated heterocycles. The summed E-state index contributed by atoms with van der Waals surface area (Å²) in [6.07, 6.45) is 1.36. The molecule has 3 rings (SSSR count). The van der Waals surface area contributed by atoms with Gasteiger partial charge in [0.2, 0.25) is 5.91 Å². The Morgan fingerprint density at radius 3 is 2.58 bits per heavy atom. The van der Waals surface area contributed by atoms with Crippen molar-refractivity contribution >= 4 is 11.6 Å². The van der Waals surface area contributed by atoms with E-state index in [2.05, 4.69) is 15.4 Å². The average molecular weight is 356 g/mol. The maximum absolute atomic E-state index is 13.6. The van der Waals surface area contributed by atoms with Crippen molar-refractivity contribution in [2.75, 3.05) is 5.32 Å². The van der Waals surface area contributed by atoms with Crippen LogP contribution < -0.4 is 11.0 Å². The van der Waals surface area contributed by atoms with E-state index in [1.807, 2.05) is 6.07 Å². The van der Waals surface area contributed by atoms with Crippen molar-refractivity contribution in [1.82, 2.24) is 14.8 Å². The molecule has 1 amide bonds. The molecule has 0 bridgehead atoms. The molecule has 0 aliphatic carbocycles. The SMILES string of the molecule is CC(C(=O)Nc1cc(F)ccc1F)n1ncc(-c2ccccc2)nc1=O. The minimum Gasteiger partial charge on any atom is -0.322 e. The highest BCUT2D eigenvalue weighted by molar-refractivity contribution is 5.93. The maximum atomic E-state index is 13.6. The Bertz CT molecular complexity index is 1010. The molecule has 26 heavy (non-hydrogen) atoms. The number of hydrogen-bond donors (Lipinski definition) is 1. The molecule has 0 spiro atoms. The van der Waals surface area contributed by atoms with Gasteiger partial charge in [0.25, 0.3) is 0 Å². The van der Waals surface area contributed by atoms with E-state index in [0.717, 1.165) is 22.9 Å². The molecular formula is C18H14F2N4O2. The first kappa shape index (κ1) is 17.4. The molecule has 3 aromatic rings. The highest BCUT2D eigenvalue weighted by Crippen LogP contribution is 2.17. The molecule has 6 nitrogen and oxygen atoms in total. The second kappa shape index (κ2) is 7.22. The molecule has 0 saturated carbocycles. The molecule has 0 aliphatic rings. The number of rotatable bonds is 4. The standard InChI is InChI=1S/C18H14F2N4O2/c1-11(17(25)22-15-9-13(19)7-8-14(15)20)24-18(26)23-16(10-21-24)12-5-3-2-4-6-12/h2-11H,1H3,(H,22,25). The predicted molar refractivity (Wildman–Crippen MR) is 91.4 cm³/mol. The number of halogens is 2. The summed E-state index contributed by atoms with van der Waals surface area (Å²) in [6, 6.07) is 10.6. The third kappa shape index (κ3) is 3.64. The molecular weight excluding hydrogens is 342 g/mol. The van der Waals surface area contributed by atoms with E-state index in [1.54, 1.807) is 24.3 Å². The third-order valence-electron chi connectivity index (χ3n) is 3.72. The van der Waals surface area contributed by atoms with Gasteiger partial charge in [-0.1, -0.05) is 30.3 Å². The first-order valence-electron chi connectivity index (χ1n) is 7.73. The van der Waals surface area contributed by atoms with Crippen molar-refractivity contribution < 1.29 is 13.6 Å². The van der Waals surface area contributed by atoms with Gasteiger partial charge in [0.05, 0.1) is 17.6 Å². The third-order valence-corrected chi connectivity index (χ3v) is 3.72. The Labute approximate surface area is 147 Å². The second-order valence-electron chi connectivity index (χ2n) is 5.52. The number of amides is 1. The fraction of sp³-hybridized carbons (Fsp3) is 0.111. The molecule has 1 atom stereocenters. The van der Waals surface area contributed by atoms with Gasteiger partial charge in [0.1, 0.15) is 17.7 Å². The van der Waals surface area contributed by atoms with Gasteiger partial charge in [-0.25, -0.2) is 18.3 Å². The summed E-state index contributed by atoms with van der Waals surface area (Å²) < 4.78 is 27.7. The average Bonchev–Trinajstić information content (AvgIpc) is 2.64. The fourth-order valence-electron chi connectivity index (χ4n) is 2.30. The molecule has 0 radical (unpaired) electrons. The first-order valence-corrected chi connectivity index (χ1v) is 7.73. The Morgan fingerprint density at radius 1 is 1.15 bits per heavy atom. The molecule has 2 aromatic carbocycles. The van der Waals surface area contributed by atoms with Crippen molar-refractivity contribution in [2.45, 2.75) is 13.0 Å². The zero-order chi connectivity index (χ0) is 18.7. The molecule has 1 N–H and O–H groups in total. The predicted octanol–water partition coefficient (Wildman–Crippen LogP) is 2.78. The lowest BCUT2D eigenvalue weighted by atomic mass is 10.2. The number of nitrogens with zero attached hydrogens (tertiary/aromatic N) is 3. The van der Waals surface area contributed by atoms with Crippen molar-refractivity contribution in [3.8, 4) is 11.3 Å². The van der Waals surface area contributed by atoms with Crippen LogP contribution in [0.25, 0.3) is 11.3 Å². The van der Waals surface area contributed by atoms with Gasteiger partial charge in [-0.15, -0.1) is 0 Å². The van der Waals surface area contributed by atoms with Crippen LogP contribution in [0.5, 0.6) is 0 Å². The van der Waals surface area contributed by atoms with Crippen LogP contribution in [-0.4, -0.2) is 20.7 Å². The van der Waals surface area contributed by atoms with Crippen molar-refractivity contribution in [1.29, 1.82) is 0 Å². The number of carbonyl (C=O) groups is 1. The summed E-state index contributed by atoms with van der Waals surface area (Å²) in [5, 5.41) is 6.21. The number of nitrogens with one attached hydrogen (secondary N) is 1. The minimum absolute atomic E-state index is 0.316. The highest BCUT2D eigenvalue weighted by Gasteiger charge is 2.20. The number of carbonyl (C=O) groups excluding carboxylic acids is 1. The Morgan fingerprint density at radius 2 is 1.88 bits per heavy atom. The quantitative estimate of drug-likeness (QED) is 0.780. The normalized spacial score (nSPS) is 11.8. The monoisotopic (exact) mass is 356 g/mol. The number of aromatic nitrogens is 3. The van der Waals surface area contributed by atoms with Gasteiger partial charge in [-0.05, 0) is 19.1 Å². The molecule has 1 heterocycles.